The molecule has 0 spiro atoms. The third kappa shape index (κ3) is 3.26. The Kier molecular flexibility index (Phi) is 4.35. The summed E-state index contributed by atoms with van der Waals surface area (Å²) in [6.07, 6.45) is -0.653. The number of benzene rings is 1. The second-order valence-corrected chi connectivity index (χ2v) is 5.58. The van der Waals surface area contributed by atoms with Gasteiger partial charge in [0, 0.05) is 6.54 Å². The largest absolute Gasteiger partial charge is 0.477 e. The first-order valence-corrected chi connectivity index (χ1v) is 7.03. The zero-order chi connectivity index (χ0) is 15.6. The molecule has 2 rings (SSSR count). The Labute approximate surface area is 124 Å². The Morgan fingerprint density at radius 1 is 1.48 bits per heavy atom. The summed E-state index contributed by atoms with van der Waals surface area (Å²) in [5.41, 5.74) is 6.87. The highest BCUT2D eigenvalue weighted by molar-refractivity contribution is 6.04. The van der Waals surface area contributed by atoms with E-state index in [2.05, 4.69) is 5.32 Å². The Balaban J connectivity index is 2.20. The van der Waals surface area contributed by atoms with Crippen molar-refractivity contribution < 1.29 is 14.3 Å². The third-order valence-electron chi connectivity index (χ3n) is 3.23. The van der Waals surface area contributed by atoms with Gasteiger partial charge in [-0.25, -0.2) is 0 Å². The van der Waals surface area contributed by atoms with Gasteiger partial charge in [-0.3, -0.25) is 14.5 Å². The molecule has 0 bridgehead atoms. The minimum Gasteiger partial charge on any atom is -0.477 e. The molecule has 1 unspecified atom stereocenters. The van der Waals surface area contributed by atoms with Crippen LogP contribution in [0.5, 0.6) is 5.75 Å². The highest BCUT2D eigenvalue weighted by Gasteiger charge is 2.33. The van der Waals surface area contributed by atoms with Gasteiger partial charge >= 0.3 is 0 Å². The molecule has 0 saturated carbocycles. The van der Waals surface area contributed by atoms with Crippen LogP contribution in [0.1, 0.15) is 20.8 Å². The van der Waals surface area contributed by atoms with E-state index in [1.165, 1.54) is 4.90 Å². The van der Waals surface area contributed by atoms with Gasteiger partial charge in [-0.1, -0.05) is 19.9 Å². The van der Waals surface area contributed by atoms with Crippen LogP contribution in [0.4, 0.5) is 11.4 Å². The Hall–Kier alpha value is -2.24. The van der Waals surface area contributed by atoms with Crippen molar-refractivity contribution >= 4 is 23.2 Å². The molecule has 21 heavy (non-hydrogen) atoms. The van der Waals surface area contributed by atoms with Gasteiger partial charge in [-0.15, -0.1) is 0 Å². The van der Waals surface area contributed by atoms with Crippen molar-refractivity contribution in [2.24, 2.45) is 5.92 Å². The smallest absolute Gasteiger partial charge is 0.268 e. The Bertz CT molecular complexity index is 557. The van der Waals surface area contributed by atoms with Crippen LogP contribution < -0.4 is 20.7 Å². The molecule has 0 aliphatic carbocycles. The molecule has 1 aromatic carbocycles. The molecule has 1 aliphatic rings. The maximum atomic E-state index is 12.3. The van der Waals surface area contributed by atoms with E-state index < -0.39 is 6.10 Å². The normalized spacial score (nSPS) is 17.4. The number of fused-ring (bicyclic) bond motifs is 1. The first-order valence-electron chi connectivity index (χ1n) is 7.03. The fourth-order valence-electron chi connectivity index (χ4n) is 2.13. The van der Waals surface area contributed by atoms with Gasteiger partial charge in [-0.05, 0) is 25.0 Å². The van der Waals surface area contributed by atoms with Crippen molar-refractivity contribution in [3.8, 4) is 5.75 Å². The van der Waals surface area contributed by atoms with Gasteiger partial charge in [0.15, 0.2) is 11.9 Å². The topological polar surface area (TPSA) is 84.7 Å². The molecule has 6 nitrogen and oxygen atoms in total. The van der Waals surface area contributed by atoms with E-state index in [9.17, 15) is 9.59 Å². The fourth-order valence-corrected chi connectivity index (χ4v) is 2.13. The van der Waals surface area contributed by atoms with Crippen LogP contribution in [-0.2, 0) is 9.59 Å². The summed E-state index contributed by atoms with van der Waals surface area (Å²) in [4.78, 5) is 25.7. The highest BCUT2D eigenvalue weighted by atomic mass is 16.5. The summed E-state index contributed by atoms with van der Waals surface area (Å²) < 4.78 is 5.54. The molecular formula is C15H21N3O3. The molecule has 0 radical (unpaired) electrons. The zero-order valence-electron chi connectivity index (χ0n) is 12.6. The summed E-state index contributed by atoms with van der Waals surface area (Å²) in [7, 11) is 0. The van der Waals surface area contributed by atoms with Crippen molar-refractivity contribution in [3.05, 3.63) is 18.2 Å². The number of nitrogens with two attached hydrogens (primary N) is 1. The molecule has 1 aliphatic heterocycles. The van der Waals surface area contributed by atoms with Gasteiger partial charge in [0.25, 0.3) is 5.91 Å². The quantitative estimate of drug-likeness (QED) is 0.815. The first-order chi connectivity index (χ1) is 9.90. The minimum atomic E-state index is -0.653. The number of para-hydroxylation sites is 1. The number of nitrogens with one attached hydrogen (secondary N) is 1. The predicted octanol–water partition coefficient (Wildman–Crippen LogP) is 1.15. The number of carbonyl (C=O) groups excluding carboxylic acids is 2. The Morgan fingerprint density at radius 3 is 2.86 bits per heavy atom. The molecular weight excluding hydrogens is 270 g/mol. The number of rotatable bonds is 4. The number of nitrogens with zero attached hydrogens (tertiary/aromatic N) is 1. The molecule has 0 saturated heterocycles. The Morgan fingerprint density at radius 2 is 2.19 bits per heavy atom. The van der Waals surface area contributed by atoms with E-state index in [-0.39, 0.29) is 18.4 Å². The van der Waals surface area contributed by atoms with E-state index in [0.29, 0.717) is 29.6 Å². The molecule has 1 heterocycles. The number of amides is 2. The lowest BCUT2D eigenvalue weighted by Gasteiger charge is -2.33. The van der Waals surface area contributed by atoms with Crippen LogP contribution in [0.15, 0.2) is 18.2 Å². The van der Waals surface area contributed by atoms with Gasteiger partial charge in [0.1, 0.15) is 6.54 Å². The molecule has 0 aromatic heterocycles. The summed E-state index contributed by atoms with van der Waals surface area (Å²) in [6, 6.07) is 5.17. The van der Waals surface area contributed by atoms with Crippen molar-refractivity contribution in [2.75, 3.05) is 23.7 Å². The van der Waals surface area contributed by atoms with Crippen LogP contribution in [0.3, 0.4) is 0 Å². The van der Waals surface area contributed by atoms with Crippen LogP contribution in [-0.4, -0.2) is 31.0 Å². The summed E-state index contributed by atoms with van der Waals surface area (Å²) in [6.45, 7) is 6.22. The molecule has 1 aromatic rings. The molecule has 6 heteroatoms. The fraction of sp³-hybridized carbons (Fsp3) is 0.467. The third-order valence-corrected chi connectivity index (χ3v) is 3.23. The second kappa shape index (κ2) is 6.03. The van der Waals surface area contributed by atoms with E-state index in [1.54, 1.807) is 25.1 Å². The second-order valence-electron chi connectivity index (χ2n) is 5.58. The zero-order valence-corrected chi connectivity index (χ0v) is 12.6. The molecule has 2 amide bonds. The SMILES string of the molecule is CC(C)CNC(=O)CN1C(=O)C(C)Oc2c(N)cccc21. The van der Waals surface area contributed by atoms with E-state index in [0.717, 1.165) is 0 Å². The van der Waals surface area contributed by atoms with E-state index >= 15 is 0 Å². The number of hydrogen-bond acceptors (Lipinski definition) is 4. The molecule has 0 fully saturated rings. The lowest BCUT2D eigenvalue weighted by atomic mass is 10.1. The monoisotopic (exact) mass is 291 g/mol. The van der Waals surface area contributed by atoms with Crippen molar-refractivity contribution in [3.63, 3.8) is 0 Å². The molecule has 3 N–H and O–H groups in total. The van der Waals surface area contributed by atoms with Crippen LogP contribution in [0, 0.1) is 5.92 Å². The van der Waals surface area contributed by atoms with Gasteiger partial charge in [0.05, 0.1) is 11.4 Å². The van der Waals surface area contributed by atoms with Gasteiger partial charge < -0.3 is 15.8 Å². The summed E-state index contributed by atoms with van der Waals surface area (Å²) in [5, 5.41) is 2.81. The van der Waals surface area contributed by atoms with Crippen molar-refractivity contribution in [1.29, 1.82) is 0 Å². The number of carbonyl (C=O) groups is 2. The molecule has 1 atom stereocenters. The van der Waals surface area contributed by atoms with Crippen LogP contribution in [0.2, 0.25) is 0 Å². The average molecular weight is 291 g/mol. The van der Waals surface area contributed by atoms with Gasteiger partial charge in [0.2, 0.25) is 5.91 Å². The number of hydrogen-bond donors (Lipinski definition) is 2. The summed E-state index contributed by atoms with van der Waals surface area (Å²) >= 11 is 0. The standard InChI is InChI=1S/C15H21N3O3/c1-9(2)7-17-13(19)8-18-12-6-4-5-11(16)14(12)21-10(3)15(18)20/h4-6,9-10H,7-8,16H2,1-3H3,(H,17,19). The van der Waals surface area contributed by atoms with E-state index in [4.69, 9.17) is 10.5 Å². The number of ether oxygens (including phenoxy) is 1. The number of nitrogen functional groups attached to an aromatic ring is 1. The maximum absolute atomic E-state index is 12.3. The lowest BCUT2D eigenvalue weighted by molar-refractivity contribution is -0.128. The van der Waals surface area contributed by atoms with Crippen molar-refractivity contribution in [1.82, 2.24) is 5.32 Å². The van der Waals surface area contributed by atoms with E-state index in [1.807, 2.05) is 13.8 Å². The number of anilines is 2. The van der Waals surface area contributed by atoms with Crippen LogP contribution in [0.25, 0.3) is 0 Å². The highest BCUT2D eigenvalue weighted by Crippen LogP contribution is 2.38. The molecule has 114 valence electrons. The van der Waals surface area contributed by atoms with Gasteiger partial charge in [-0.2, -0.15) is 0 Å². The summed E-state index contributed by atoms with van der Waals surface area (Å²) in [5.74, 6) is 0.379. The first kappa shape index (κ1) is 15.2. The lowest BCUT2D eigenvalue weighted by Crippen LogP contribution is -2.49. The van der Waals surface area contributed by atoms with Crippen LogP contribution >= 0.6 is 0 Å². The maximum Gasteiger partial charge on any atom is 0.268 e. The minimum absolute atomic E-state index is 0.0320. The average Bonchev–Trinajstić information content (AvgIpc) is 2.43. The van der Waals surface area contributed by atoms with Crippen molar-refractivity contribution in [2.45, 2.75) is 26.9 Å². The predicted molar refractivity (Wildman–Crippen MR) is 81.1 cm³/mol.